The summed E-state index contributed by atoms with van der Waals surface area (Å²) in [6.07, 6.45) is 2.61. The van der Waals surface area contributed by atoms with E-state index in [9.17, 15) is 0 Å². The Balaban J connectivity index is 2.18. The summed E-state index contributed by atoms with van der Waals surface area (Å²) in [5, 5.41) is 0. The highest BCUT2D eigenvalue weighted by Crippen LogP contribution is 2.11. The quantitative estimate of drug-likeness (QED) is 0.722. The average molecular weight is 187 g/mol. The van der Waals surface area contributed by atoms with Crippen LogP contribution in [0.3, 0.4) is 0 Å². The fourth-order valence-corrected chi connectivity index (χ4v) is 1.51. The molecule has 2 aromatic rings. The molecule has 2 nitrogen and oxygen atoms in total. The largest absolute Gasteiger partial charge is 0.446 e. The summed E-state index contributed by atoms with van der Waals surface area (Å²) < 4.78 is 5.42. The van der Waals surface area contributed by atoms with Gasteiger partial charge in [0.15, 0.2) is 5.89 Å². The maximum absolute atomic E-state index is 5.42. The molecule has 2 heteroatoms. The third kappa shape index (κ3) is 2.02. The van der Waals surface area contributed by atoms with Gasteiger partial charge in [-0.2, -0.15) is 0 Å². The molecule has 0 fully saturated rings. The monoisotopic (exact) mass is 187 g/mol. The second kappa shape index (κ2) is 3.66. The Morgan fingerprint density at radius 1 is 1.29 bits per heavy atom. The minimum Gasteiger partial charge on any atom is -0.446 e. The molecule has 1 aromatic carbocycles. The second-order valence-corrected chi connectivity index (χ2v) is 3.51. The Bertz CT molecular complexity index is 431. The first-order chi connectivity index (χ1) is 6.74. The van der Waals surface area contributed by atoms with E-state index < -0.39 is 0 Å². The zero-order valence-corrected chi connectivity index (χ0v) is 8.45. The van der Waals surface area contributed by atoms with Gasteiger partial charge in [0.1, 0.15) is 5.76 Å². The summed E-state index contributed by atoms with van der Waals surface area (Å²) in [5.74, 6) is 1.65. The third-order valence-electron chi connectivity index (χ3n) is 2.13. The van der Waals surface area contributed by atoms with Crippen LogP contribution in [0, 0.1) is 13.8 Å². The molecule has 72 valence electrons. The maximum atomic E-state index is 5.42. The van der Waals surface area contributed by atoms with Gasteiger partial charge < -0.3 is 4.42 Å². The zero-order valence-electron chi connectivity index (χ0n) is 8.45. The summed E-state index contributed by atoms with van der Waals surface area (Å²) in [7, 11) is 0. The van der Waals surface area contributed by atoms with Gasteiger partial charge in [-0.1, -0.05) is 29.8 Å². The number of rotatable bonds is 2. The van der Waals surface area contributed by atoms with E-state index in [1.807, 2.05) is 6.92 Å². The van der Waals surface area contributed by atoms with Crippen molar-refractivity contribution in [1.29, 1.82) is 0 Å². The Kier molecular flexibility index (Phi) is 2.35. The first kappa shape index (κ1) is 9.00. The smallest absolute Gasteiger partial charge is 0.191 e. The van der Waals surface area contributed by atoms with Crippen LogP contribution in [0.5, 0.6) is 0 Å². The third-order valence-corrected chi connectivity index (χ3v) is 2.13. The summed E-state index contributed by atoms with van der Waals surface area (Å²) in [5.41, 5.74) is 2.54. The number of hydrogen-bond donors (Lipinski definition) is 0. The number of aromatic nitrogens is 1. The minimum atomic E-state index is 0.729. The van der Waals surface area contributed by atoms with E-state index in [1.54, 1.807) is 6.20 Å². The van der Waals surface area contributed by atoms with E-state index >= 15 is 0 Å². The van der Waals surface area contributed by atoms with Crippen LogP contribution in [0.15, 0.2) is 34.9 Å². The Morgan fingerprint density at radius 3 is 2.79 bits per heavy atom. The van der Waals surface area contributed by atoms with Gasteiger partial charge >= 0.3 is 0 Å². The molecule has 0 bridgehead atoms. The molecule has 2 rings (SSSR count). The average Bonchev–Trinajstić information content (AvgIpc) is 2.51. The van der Waals surface area contributed by atoms with Crippen LogP contribution >= 0.6 is 0 Å². The summed E-state index contributed by atoms with van der Waals surface area (Å²) in [6, 6.07) is 8.42. The summed E-state index contributed by atoms with van der Waals surface area (Å²) in [6.45, 7) is 3.95. The van der Waals surface area contributed by atoms with Crippen LogP contribution in [-0.4, -0.2) is 4.98 Å². The second-order valence-electron chi connectivity index (χ2n) is 3.51. The SMILES string of the molecule is Cc1cccc(Cc2cnc(C)o2)c1. The first-order valence-corrected chi connectivity index (χ1v) is 4.71. The maximum Gasteiger partial charge on any atom is 0.191 e. The molecule has 0 saturated heterocycles. The Hall–Kier alpha value is -1.57. The summed E-state index contributed by atoms with van der Waals surface area (Å²) >= 11 is 0. The lowest BCUT2D eigenvalue weighted by Crippen LogP contribution is -1.85. The molecular formula is C12H13NO. The molecule has 0 atom stereocenters. The van der Waals surface area contributed by atoms with Gasteiger partial charge in [-0.15, -0.1) is 0 Å². The molecule has 14 heavy (non-hydrogen) atoms. The predicted octanol–water partition coefficient (Wildman–Crippen LogP) is 2.88. The van der Waals surface area contributed by atoms with Crippen molar-refractivity contribution in [3.63, 3.8) is 0 Å². The van der Waals surface area contributed by atoms with E-state index in [1.165, 1.54) is 11.1 Å². The molecular weight excluding hydrogens is 174 g/mol. The van der Waals surface area contributed by atoms with E-state index in [0.29, 0.717) is 0 Å². The van der Waals surface area contributed by atoms with Gasteiger partial charge in [-0.3, -0.25) is 0 Å². The van der Waals surface area contributed by atoms with E-state index in [-0.39, 0.29) is 0 Å². The van der Waals surface area contributed by atoms with Crippen LogP contribution in [0.1, 0.15) is 22.8 Å². The fourth-order valence-electron chi connectivity index (χ4n) is 1.51. The topological polar surface area (TPSA) is 26.0 Å². The molecule has 0 N–H and O–H groups in total. The lowest BCUT2D eigenvalue weighted by molar-refractivity contribution is 0.483. The lowest BCUT2D eigenvalue weighted by atomic mass is 10.1. The molecule has 0 unspecified atom stereocenters. The lowest BCUT2D eigenvalue weighted by Gasteiger charge is -1.98. The van der Waals surface area contributed by atoms with Crippen molar-refractivity contribution in [2.45, 2.75) is 20.3 Å². The van der Waals surface area contributed by atoms with Crippen molar-refractivity contribution < 1.29 is 4.42 Å². The van der Waals surface area contributed by atoms with Crippen molar-refractivity contribution in [3.05, 3.63) is 53.2 Å². The van der Waals surface area contributed by atoms with Crippen molar-refractivity contribution in [2.24, 2.45) is 0 Å². The zero-order chi connectivity index (χ0) is 9.97. The van der Waals surface area contributed by atoms with E-state index in [2.05, 4.69) is 36.2 Å². The minimum absolute atomic E-state index is 0.729. The van der Waals surface area contributed by atoms with Crippen molar-refractivity contribution in [3.8, 4) is 0 Å². The number of oxazole rings is 1. The first-order valence-electron chi connectivity index (χ1n) is 4.71. The van der Waals surface area contributed by atoms with Crippen LogP contribution in [0.4, 0.5) is 0 Å². The highest BCUT2D eigenvalue weighted by atomic mass is 16.3. The molecule has 0 spiro atoms. The van der Waals surface area contributed by atoms with Crippen LogP contribution in [0.25, 0.3) is 0 Å². The van der Waals surface area contributed by atoms with E-state index in [0.717, 1.165) is 18.1 Å². The number of aryl methyl sites for hydroxylation is 2. The number of hydrogen-bond acceptors (Lipinski definition) is 2. The van der Waals surface area contributed by atoms with Crippen LogP contribution < -0.4 is 0 Å². The molecule has 1 aromatic heterocycles. The van der Waals surface area contributed by atoms with Gasteiger partial charge in [0.25, 0.3) is 0 Å². The molecule has 0 saturated carbocycles. The highest BCUT2D eigenvalue weighted by molar-refractivity contribution is 5.25. The number of benzene rings is 1. The summed E-state index contributed by atoms with van der Waals surface area (Å²) in [4.78, 5) is 4.07. The van der Waals surface area contributed by atoms with Gasteiger partial charge in [0.2, 0.25) is 0 Å². The van der Waals surface area contributed by atoms with Crippen molar-refractivity contribution in [1.82, 2.24) is 4.98 Å². The number of nitrogens with zero attached hydrogens (tertiary/aromatic N) is 1. The predicted molar refractivity (Wildman–Crippen MR) is 55.2 cm³/mol. The molecule has 0 aliphatic carbocycles. The van der Waals surface area contributed by atoms with Crippen molar-refractivity contribution >= 4 is 0 Å². The molecule has 0 aliphatic rings. The highest BCUT2D eigenvalue weighted by Gasteiger charge is 2.01. The van der Waals surface area contributed by atoms with Gasteiger partial charge in [-0.25, -0.2) is 4.98 Å². The molecule has 0 aliphatic heterocycles. The normalized spacial score (nSPS) is 10.4. The van der Waals surface area contributed by atoms with Gasteiger partial charge in [0.05, 0.1) is 6.20 Å². The van der Waals surface area contributed by atoms with Crippen LogP contribution in [0.2, 0.25) is 0 Å². The van der Waals surface area contributed by atoms with Gasteiger partial charge in [0, 0.05) is 13.3 Å². The fraction of sp³-hybridized carbons (Fsp3) is 0.250. The molecule has 1 heterocycles. The van der Waals surface area contributed by atoms with Crippen LogP contribution in [-0.2, 0) is 6.42 Å². The Labute approximate surface area is 83.6 Å². The van der Waals surface area contributed by atoms with E-state index in [4.69, 9.17) is 4.42 Å². The standard InChI is InChI=1S/C12H13NO/c1-9-4-3-5-11(6-9)7-12-8-13-10(2)14-12/h3-6,8H,7H2,1-2H3. The Morgan fingerprint density at radius 2 is 2.14 bits per heavy atom. The molecule has 0 radical (unpaired) electrons. The van der Waals surface area contributed by atoms with Crippen molar-refractivity contribution in [2.75, 3.05) is 0 Å². The van der Waals surface area contributed by atoms with Gasteiger partial charge in [-0.05, 0) is 12.5 Å². The molecule has 0 amide bonds.